The van der Waals surface area contributed by atoms with Gasteiger partial charge in [0.15, 0.2) is 9.84 Å². The quantitative estimate of drug-likeness (QED) is 0.900. The first-order valence-electron chi connectivity index (χ1n) is 4.20. The number of anilines is 1. The molecule has 0 unspecified atom stereocenters. The topological polar surface area (TPSA) is 63.2 Å². The van der Waals surface area contributed by atoms with E-state index in [1.807, 2.05) is 0 Å². The number of sulfone groups is 1. The van der Waals surface area contributed by atoms with E-state index in [1.165, 1.54) is 12.1 Å². The van der Waals surface area contributed by atoms with Crippen LogP contribution in [-0.4, -0.2) is 26.3 Å². The minimum absolute atomic E-state index is 0.142. The van der Waals surface area contributed by atoms with Gasteiger partial charge < -0.3 is 5.32 Å². The first kappa shape index (κ1) is 12.9. The van der Waals surface area contributed by atoms with Gasteiger partial charge in [-0.05, 0) is 18.2 Å². The van der Waals surface area contributed by atoms with Gasteiger partial charge in [0.05, 0.1) is 5.02 Å². The van der Waals surface area contributed by atoms with Crippen molar-refractivity contribution in [2.24, 2.45) is 0 Å². The highest BCUT2D eigenvalue weighted by molar-refractivity contribution is 7.91. The number of carbonyl (C=O) groups excluding carboxylic acids is 1. The molecule has 16 heavy (non-hydrogen) atoms. The number of benzene rings is 1. The van der Waals surface area contributed by atoms with Crippen LogP contribution in [0.3, 0.4) is 0 Å². The zero-order valence-corrected chi connectivity index (χ0v) is 9.90. The van der Waals surface area contributed by atoms with Gasteiger partial charge in [0.25, 0.3) is 0 Å². The highest BCUT2D eigenvalue weighted by atomic mass is 35.5. The van der Waals surface area contributed by atoms with Crippen molar-refractivity contribution < 1.29 is 17.6 Å². The third kappa shape index (κ3) is 4.16. The maximum absolute atomic E-state index is 12.8. The third-order valence-electron chi connectivity index (χ3n) is 1.60. The molecule has 0 aliphatic rings. The van der Waals surface area contributed by atoms with Crippen LogP contribution in [0.2, 0.25) is 5.02 Å². The smallest absolute Gasteiger partial charge is 0.239 e. The summed E-state index contributed by atoms with van der Waals surface area (Å²) in [4.78, 5) is 11.2. The molecule has 0 aliphatic carbocycles. The van der Waals surface area contributed by atoms with Gasteiger partial charge in [-0.2, -0.15) is 0 Å². The van der Waals surface area contributed by atoms with E-state index in [9.17, 15) is 17.6 Å². The van der Waals surface area contributed by atoms with Crippen LogP contribution in [0, 0.1) is 5.82 Å². The molecule has 0 bridgehead atoms. The Kier molecular flexibility index (Phi) is 3.88. The number of hydrogen-bond acceptors (Lipinski definition) is 3. The van der Waals surface area contributed by atoms with Crippen molar-refractivity contribution in [3.8, 4) is 0 Å². The monoisotopic (exact) mass is 265 g/mol. The lowest BCUT2D eigenvalue weighted by Crippen LogP contribution is -2.21. The summed E-state index contributed by atoms with van der Waals surface area (Å²) in [5.74, 6) is -1.92. The second-order valence-corrected chi connectivity index (χ2v) is 5.79. The molecule has 1 amide bonds. The molecular weight excluding hydrogens is 257 g/mol. The standard InChI is InChI=1S/C9H9ClFNO3S/c1-16(14,15)5-9(13)12-6-2-3-8(11)7(10)4-6/h2-4H,5H2,1H3,(H,12,13). The lowest BCUT2D eigenvalue weighted by atomic mass is 10.3. The molecule has 4 nitrogen and oxygen atoms in total. The Labute approximate surface area is 97.3 Å². The molecule has 1 N–H and O–H groups in total. The Balaban J connectivity index is 2.74. The number of nitrogens with one attached hydrogen (secondary N) is 1. The Morgan fingerprint density at radius 3 is 2.62 bits per heavy atom. The molecule has 0 heterocycles. The van der Waals surface area contributed by atoms with E-state index < -0.39 is 27.3 Å². The molecule has 1 aromatic carbocycles. The molecule has 1 aromatic rings. The summed E-state index contributed by atoms with van der Waals surface area (Å²) in [6, 6.07) is 3.58. The van der Waals surface area contributed by atoms with Crippen LogP contribution in [0.1, 0.15) is 0 Å². The Hall–Kier alpha value is -1.14. The normalized spacial score (nSPS) is 11.2. The molecule has 0 atom stereocenters. The summed E-state index contributed by atoms with van der Waals surface area (Å²) in [6.45, 7) is 0. The van der Waals surface area contributed by atoms with Crippen molar-refractivity contribution in [3.63, 3.8) is 0 Å². The second-order valence-electron chi connectivity index (χ2n) is 3.25. The average Bonchev–Trinajstić information content (AvgIpc) is 2.08. The lowest BCUT2D eigenvalue weighted by molar-refractivity contribution is -0.113. The van der Waals surface area contributed by atoms with Crippen LogP contribution >= 0.6 is 11.6 Å². The second kappa shape index (κ2) is 4.80. The Bertz CT molecular complexity index is 515. The fourth-order valence-corrected chi connectivity index (χ4v) is 1.74. The van der Waals surface area contributed by atoms with E-state index in [4.69, 9.17) is 11.6 Å². The number of halogens is 2. The third-order valence-corrected chi connectivity index (χ3v) is 2.67. The van der Waals surface area contributed by atoms with E-state index in [1.54, 1.807) is 0 Å². The fraction of sp³-hybridized carbons (Fsp3) is 0.222. The van der Waals surface area contributed by atoms with Crippen LogP contribution in [0.5, 0.6) is 0 Å². The Morgan fingerprint density at radius 2 is 2.12 bits per heavy atom. The van der Waals surface area contributed by atoms with Gasteiger partial charge >= 0.3 is 0 Å². The first-order valence-corrected chi connectivity index (χ1v) is 6.64. The van der Waals surface area contributed by atoms with Gasteiger partial charge in [0, 0.05) is 11.9 Å². The largest absolute Gasteiger partial charge is 0.325 e. The molecule has 0 saturated heterocycles. The minimum Gasteiger partial charge on any atom is -0.325 e. The van der Waals surface area contributed by atoms with Crippen molar-refractivity contribution in [3.05, 3.63) is 29.0 Å². The summed E-state index contributed by atoms with van der Waals surface area (Å²) in [5.41, 5.74) is 0.250. The van der Waals surface area contributed by atoms with Crippen molar-refractivity contribution in [1.82, 2.24) is 0 Å². The average molecular weight is 266 g/mol. The molecule has 7 heteroatoms. The number of amides is 1. The predicted molar refractivity (Wildman–Crippen MR) is 59.8 cm³/mol. The van der Waals surface area contributed by atoms with Gasteiger partial charge in [-0.15, -0.1) is 0 Å². The van der Waals surface area contributed by atoms with Crippen molar-refractivity contribution in [2.75, 3.05) is 17.3 Å². The van der Waals surface area contributed by atoms with E-state index in [-0.39, 0.29) is 10.7 Å². The molecule has 0 aromatic heterocycles. The van der Waals surface area contributed by atoms with Gasteiger partial charge in [-0.3, -0.25) is 4.79 Å². The molecule has 0 saturated carbocycles. The highest BCUT2D eigenvalue weighted by Crippen LogP contribution is 2.19. The van der Waals surface area contributed by atoms with Crippen LogP contribution in [-0.2, 0) is 14.6 Å². The highest BCUT2D eigenvalue weighted by Gasteiger charge is 2.11. The van der Waals surface area contributed by atoms with E-state index in [0.29, 0.717) is 0 Å². The SMILES string of the molecule is CS(=O)(=O)CC(=O)Nc1ccc(F)c(Cl)c1. The summed E-state index contributed by atoms with van der Waals surface area (Å²) in [5, 5.41) is 2.16. The van der Waals surface area contributed by atoms with Crippen molar-refractivity contribution in [1.29, 1.82) is 0 Å². The van der Waals surface area contributed by atoms with E-state index >= 15 is 0 Å². The summed E-state index contributed by atoms with van der Waals surface area (Å²) >= 11 is 5.49. The molecular formula is C9H9ClFNO3S. The van der Waals surface area contributed by atoms with E-state index in [2.05, 4.69) is 5.32 Å². The zero-order valence-electron chi connectivity index (χ0n) is 8.33. The molecule has 0 aliphatic heterocycles. The summed E-state index contributed by atoms with van der Waals surface area (Å²) in [7, 11) is -3.38. The van der Waals surface area contributed by atoms with Gasteiger partial charge in [-0.1, -0.05) is 11.6 Å². The van der Waals surface area contributed by atoms with Crippen LogP contribution < -0.4 is 5.32 Å². The van der Waals surface area contributed by atoms with Gasteiger partial charge in [0.2, 0.25) is 5.91 Å². The first-order chi connectivity index (χ1) is 7.28. The maximum Gasteiger partial charge on any atom is 0.239 e. The number of rotatable bonds is 3. The molecule has 88 valence electrons. The number of carbonyl (C=O) groups is 1. The van der Waals surface area contributed by atoms with Crippen LogP contribution in [0.4, 0.5) is 10.1 Å². The summed E-state index contributed by atoms with van der Waals surface area (Å²) in [6.07, 6.45) is 0.949. The maximum atomic E-state index is 12.8. The molecule has 0 radical (unpaired) electrons. The zero-order chi connectivity index (χ0) is 12.3. The summed E-state index contributed by atoms with van der Waals surface area (Å²) < 4.78 is 34.4. The molecule has 1 rings (SSSR count). The van der Waals surface area contributed by atoms with E-state index in [0.717, 1.165) is 12.3 Å². The van der Waals surface area contributed by atoms with Gasteiger partial charge in [-0.25, -0.2) is 12.8 Å². The minimum atomic E-state index is -3.38. The Morgan fingerprint density at radius 1 is 1.50 bits per heavy atom. The van der Waals surface area contributed by atoms with Gasteiger partial charge in [0.1, 0.15) is 11.6 Å². The van der Waals surface area contributed by atoms with Crippen LogP contribution in [0.25, 0.3) is 0 Å². The number of hydrogen-bond donors (Lipinski definition) is 1. The fourth-order valence-electron chi connectivity index (χ4n) is 1.01. The molecule has 0 spiro atoms. The lowest BCUT2D eigenvalue weighted by Gasteiger charge is -2.04. The van der Waals surface area contributed by atoms with Crippen molar-refractivity contribution >= 4 is 33.0 Å². The van der Waals surface area contributed by atoms with Crippen molar-refractivity contribution in [2.45, 2.75) is 0 Å². The molecule has 0 fully saturated rings. The van der Waals surface area contributed by atoms with Crippen LogP contribution in [0.15, 0.2) is 18.2 Å². The predicted octanol–water partition coefficient (Wildman–Crippen LogP) is 1.46.